The Kier molecular flexibility index (Phi) is 5.28. The second kappa shape index (κ2) is 7.20. The summed E-state index contributed by atoms with van der Waals surface area (Å²) in [5.41, 5.74) is 6.32. The number of carbonyl (C=O) groups is 2. The largest absolute Gasteiger partial charge is 0.366 e. The van der Waals surface area contributed by atoms with Crippen LogP contribution in [0.1, 0.15) is 38.1 Å². The molecule has 8 nitrogen and oxygen atoms in total. The third kappa shape index (κ3) is 3.95. The standard InChI is InChI=1S/C16H22N6O2/c1-10(2)22(11(3)4)14(23)9-21-19-16(18-20-21)13-7-5-12(6-8-13)15(17)24/h5-8,10-11H,9H2,1-4H3,(H2,17,24). The SMILES string of the molecule is CC(C)N(C(=O)Cn1nnc(-c2ccc(C(N)=O)cc2)n1)C(C)C. The molecule has 128 valence electrons. The topological polar surface area (TPSA) is 107 Å². The number of nitrogens with two attached hydrogens (primary N) is 1. The van der Waals surface area contributed by atoms with Crippen LogP contribution < -0.4 is 5.73 Å². The number of aromatic nitrogens is 4. The van der Waals surface area contributed by atoms with Crippen LogP contribution in [0, 0.1) is 0 Å². The van der Waals surface area contributed by atoms with Crippen LogP contribution in [-0.2, 0) is 11.3 Å². The summed E-state index contributed by atoms with van der Waals surface area (Å²) in [6.07, 6.45) is 0. The average Bonchev–Trinajstić information content (AvgIpc) is 2.94. The minimum atomic E-state index is -0.494. The van der Waals surface area contributed by atoms with E-state index in [9.17, 15) is 9.59 Å². The van der Waals surface area contributed by atoms with Gasteiger partial charge < -0.3 is 10.6 Å². The van der Waals surface area contributed by atoms with E-state index in [2.05, 4.69) is 15.4 Å². The zero-order chi connectivity index (χ0) is 17.9. The normalized spacial score (nSPS) is 11.1. The molecule has 1 aromatic heterocycles. The van der Waals surface area contributed by atoms with Crippen molar-refractivity contribution in [3.05, 3.63) is 29.8 Å². The number of hydrogen-bond acceptors (Lipinski definition) is 5. The van der Waals surface area contributed by atoms with Crippen molar-refractivity contribution in [2.45, 2.75) is 46.3 Å². The van der Waals surface area contributed by atoms with E-state index in [0.29, 0.717) is 17.0 Å². The Labute approximate surface area is 140 Å². The lowest BCUT2D eigenvalue weighted by molar-refractivity contribution is -0.135. The van der Waals surface area contributed by atoms with E-state index < -0.39 is 5.91 Å². The van der Waals surface area contributed by atoms with E-state index in [-0.39, 0.29) is 24.5 Å². The van der Waals surface area contributed by atoms with Crippen molar-refractivity contribution in [3.8, 4) is 11.4 Å². The van der Waals surface area contributed by atoms with Gasteiger partial charge >= 0.3 is 0 Å². The van der Waals surface area contributed by atoms with Crippen molar-refractivity contribution < 1.29 is 9.59 Å². The molecule has 1 aromatic carbocycles. The van der Waals surface area contributed by atoms with Crippen LogP contribution in [0.15, 0.2) is 24.3 Å². The van der Waals surface area contributed by atoms with E-state index >= 15 is 0 Å². The maximum atomic E-state index is 12.4. The molecule has 0 aliphatic rings. The first kappa shape index (κ1) is 17.6. The highest BCUT2D eigenvalue weighted by Crippen LogP contribution is 2.14. The van der Waals surface area contributed by atoms with E-state index in [1.165, 1.54) is 4.80 Å². The monoisotopic (exact) mass is 330 g/mol. The quantitative estimate of drug-likeness (QED) is 0.853. The van der Waals surface area contributed by atoms with Crippen molar-refractivity contribution in [3.63, 3.8) is 0 Å². The van der Waals surface area contributed by atoms with Crippen LogP contribution in [-0.4, -0.2) is 49.0 Å². The molecule has 2 aromatic rings. The third-order valence-corrected chi connectivity index (χ3v) is 3.56. The molecule has 0 radical (unpaired) electrons. The highest BCUT2D eigenvalue weighted by atomic mass is 16.2. The summed E-state index contributed by atoms with van der Waals surface area (Å²) < 4.78 is 0. The molecule has 0 spiro atoms. The molecule has 0 bridgehead atoms. The first-order chi connectivity index (χ1) is 11.3. The number of hydrogen-bond donors (Lipinski definition) is 1. The fourth-order valence-corrected chi connectivity index (χ4v) is 2.58. The second-order valence-corrected chi connectivity index (χ2v) is 6.07. The van der Waals surface area contributed by atoms with Gasteiger partial charge in [-0.2, -0.15) is 4.80 Å². The second-order valence-electron chi connectivity index (χ2n) is 6.07. The van der Waals surface area contributed by atoms with Crippen LogP contribution in [0.2, 0.25) is 0 Å². The number of primary amides is 1. The maximum absolute atomic E-state index is 12.4. The van der Waals surface area contributed by atoms with Crippen molar-refractivity contribution in [2.24, 2.45) is 5.73 Å². The Balaban J connectivity index is 2.13. The fourth-order valence-electron chi connectivity index (χ4n) is 2.58. The lowest BCUT2D eigenvalue weighted by atomic mass is 10.1. The Morgan fingerprint density at radius 2 is 1.71 bits per heavy atom. The van der Waals surface area contributed by atoms with Crippen LogP contribution in [0.25, 0.3) is 11.4 Å². The summed E-state index contributed by atoms with van der Waals surface area (Å²) in [4.78, 5) is 26.5. The molecule has 0 unspecified atom stereocenters. The van der Waals surface area contributed by atoms with Gasteiger partial charge in [-0.15, -0.1) is 10.2 Å². The molecule has 2 amide bonds. The average molecular weight is 330 g/mol. The molecular formula is C16H22N6O2. The van der Waals surface area contributed by atoms with Crippen LogP contribution in [0.3, 0.4) is 0 Å². The minimum absolute atomic E-state index is 0.0305. The van der Waals surface area contributed by atoms with Crippen LogP contribution >= 0.6 is 0 Å². The molecule has 8 heteroatoms. The predicted molar refractivity (Wildman–Crippen MR) is 88.9 cm³/mol. The lowest BCUT2D eigenvalue weighted by Gasteiger charge is -2.30. The molecule has 1 heterocycles. The van der Waals surface area contributed by atoms with Gasteiger partial charge in [0.15, 0.2) is 0 Å². The Hall–Kier alpha value is -2.77. The molecular weight excluding hydrogens is 308 g/mol. The predicted octanol–water partition coefficient (Wildman–Crippen LogP) is 1.08. The molecule has 0 atom stereocenters. The number of tetrazole rings is 1. The molecule has 2 rings (SSSR count). The number of amides is 2. The summed E-state index contributed by atoms with van der Waals surface area (Å²) in [5.74, 6) is -0.168. The van der Waals surface area contributed by atoms with E-state index in [1.807, 2.05) is 27.7 Å². The van der Waals surface area contributed by atoms with Crippen molar-refractivity contribution in [1.29, 1.82) is 0 Å². The van der Waals surface area contributed by atoms with Crippen molar-refractivity contribution in [2.75, 3.05) is 0 Å². The smallest absolute Gasteiger partial charge is 0.248 e. The van der Waals surface area contributed by atoms with E-state index in [4.69, 9.17) is 5.73 Å². The van der Waals surface area contributed by atoms with Gasteiger partial charge in [0.05, 0.1) is 0 Å². The summed E-state index contributed by atoms with van der Waals surface area (Å²) in [7, 11) is 0. The van der Waals surface area contributed by atoms with Crippen molar-refractivity contribution in [1.82, 2.24) is 25.1 Å². The van der Waals surface area contributed by atoms with Crippen LogP contribution in [0.5, 0.6) is 0 Å². The van der Waals surface area contributed by atoms with Gasteiger partial charge in [-0.3, -0.25) is 9.59 Å². The lowest BCUT2D eigenvalue weighted by Crippen LogP contribution is -2.44. The first-order valence-electron chi connectivity index (χ1n) is 7.78. The molecule has 0 aliphatic carbocycles. The molecule has 0 saturated heterocycles. The Morgan fingerprint density at radius 3 is 2.21 bits per heavy atom. The summed E-state index contributed by atoms with van der Waals surface area (Å²) in [5, 5.41) is 12.1. The molecule has 2 N–H and O–H groups in total. The highest BCUT2D eigenvalue weighted by Gasteiger charge is 2.21. The third-order valence-electron chi connectivity index (χ3n) is 3.56. The first-order valence-corrected chi connectivity index (χ1v) is 7.78. The van der Waals surface area contributed by atoms with Gasteiger partial charge in [-0.05, 0) is 45.0 Å². The number of nitrogens with zero attached hydrogens (tertiary/aromatic N) is 5. The Morgan fingerprint density at radius 1 is 1.12 bits per heavy atom. The molecule has 0 aliphatic heterocycles. The van der Waals surface area contributed by atoms with E-state index in [1.54, 1.807) is 29.2 Å². The number of carbonyl (C=O) groups excluding carboxylic acids is 2. The number of benzene rings is 1. The molecule has 24 heavy (non-hydrogen) atoms. The zero-order valence-corrected chi connectivity index (χ0v) is 14.3. The summed E-state index contributed by atoms with van der Waals surface area (Å²) >= 11 is 0. The van der Waals surface area contributed by atoms with Gasteiger partial charge in [-0.1, -0.05) is 12.1 Å². The van der Waals surface area contributed by atoms with Crippen molar-refractivity contribution >= 4 is 11.8 Å². The zero-order valence-electron chi connectivity index (χ0n) is 14.3. The minimum Gasteiger partial charge on any atom is -0.366 e. The van der Waals surface area contributed by atoms with Gasteiger partial charge in [0.1, 0.15) is 6.54 Å². The Bertz CT molecular complexity index is 712. The van der Waals surface area contributed by atoms with Gasteiger partial charge in [0, 0.05) is 23.2 Å². The van der Waals surface area contributed by atoms with Crippen LogP contribution in [0.4, 0.5) is 0 Å². The van der Waals surface area contributed by atoms with Gasteiger partial charge in [0.25, 0.3) is 0 Å². The van der Waals surface area contributed by atoms with E-state index in [0.717, 1.165) is 0 Å². The highest BCUT2D eigenvalue weighted by molar-refractivity contribution is 5.93. The summed E-state index contributed by atoms with van der Waals surface area (Å²) in [6.45, 7) is 7.91. The molecule has 0 fully saturated rings. The number of rotatable bonds is 6. The summed E-state index contributed by atoms with van der Waals surface area (Å²) in [6, 6.07) is 6.78. The molecule has 0 saturated carbocycles. The van der Waals surface area contributed by atoms with Gasteiger partial charge in [-0.25, -0.2) is 0 Å². The van der Waals surface area contributed by atoms with Gasteiger partial charge in [0.2, 0.25) is 17.6 Å². The maximum Gasteiger partial charge on any atom is 0.248 e. The fraction of sp³-hybridized carbons (Fsp3) is 0.438.